The fraction of sp³-hybridized carbons (Fsp3) is 0.647. The molecule has 2 rings (SSSR count). The molecule has 1 atom stereocenters. The van der Waals surface area contributed by atoms with Crippen LogP contribution in [0.1, 0.15) is 44.7 Å². The summed E-state index contributed by atoms with van der Waals surface area (Å²) in [6.07, 6.45) is 3.61. The lowest BCUT2D eigenvalue weighted by Crippen LogP contribution is -2.52. The predicted octanol–water partition coefficient (Wildman–Crippen LogP) is 3.21. The Balaban J connectivity index is 1.94. The summed E-state index contributed by atoms with van der Waals surface area (Å²) in [7, 11) is 2.26. The summed E-state index contributed by atoms with van der Waals surface area (Å²) in [5, 5.41) is 3.60. The van der Waals surface area contributed by atoms with Crippen molar-refractivity contribution < 1.29 is 0 Å². The van der Waals surface area contributed by atoms with Gasteiger partial charge in [-0.3, -0.25) is 4.90 Å². The van der Waals surface area contributed by atoms with Gasteiger partial charge in [0.05, 0.1) is 0 Å². The van der Waals surface area contributed by atoms with Crippen LogP contribution in [0.4, 0.5) is 0 Å². The van der Waals surface area contributed by atoms with Crippen molar-refractivity contribution in [3.05, 3.63) is 35.4 Å². The highest BCUT2D eigenvalue weighted by Gasteiger charge is 2.29. The summed E-state index contributed by atoms with van der Waals surface area (Å²) in [4.78, 5) is 2.52. The maximum absolute atomic E-state index is 3.60. The average molecular weight is 260 g/mol. The van der Waals surface area contributed by atoms with Crippen LogP contribution in [0.5, 0.6) is 0 Å². The van der Waals surface area contributed by atoms with Crippen LogP contribution in [0.3, 0.4) is 0 Å². The summed E-state index contributed by atoms with van der Waals surface area (Å²) in [6, 6.07) is 9.77. The van der Waals surface area contributed by atoms with Crippen molar-refractivity contribution in [3.8, 4) is 0 Å². The third kappa shape index (κ3) is 4.05. The van der Waals surface area contributed by atoms with Crippen molar-refractivity contribution in [3.63, 3.8) is 0 Å². The van der Waals surface area contributed by atoms with Crippen molar-refractivity contribution in [2.75, 3.05) is 13.6 Å². The quantitative estimate of drug-likeness (QED) is 0.894. The number of nitrogens with one attached hydrogen (secondary N) is 1. The van der Waals surface area contributed by atoms with E-state index < -0.39 is 0 Å². The molecule has 0 radical (unpaired) electrons. The van der Waals surface area contributed by atoms with E-state index in [0.717, 1.165) is 19.5 Å². The summed E-state index contributed by atoms with van der Waals surface area (Å²) in [5.74, 6) is 0. The molecular weight excluding hydrogens is 232 g/mol. The molecule has 1 aromatic carbocycles. The van der Waals surface area contributed by atoms with Crippen LogP contribution in [-0.2, 0) is 13.0 Å². The molecule has 1 saturated heterocycles. The molecule has 0 amide bonds. The molecule has 0 bridgehead atoms. The molecule has 0 aliphatic carbocycles. The summed E-state index contributed by atoms with van der Waals surface area (Å²) in [6.45, 7) is 9.02. The molecule has 2 nitrogen and oxygen atoms in total. The second kappa shape index (κ2) is 6.06. The Morgan fingerprint density at radius 1 is 1.21 bits per heavy atom. The zero-order chi connectivity index (χ0) is 13.9. The van der Waals surface area contributed by atoms with E-state index in [4.69, 9.17) is 0 Å². The van der Waals surface area contributed by atoms with Crippen molar-refractivity contribution in [1.82, 2.24) is 10.2 Å². The average Bonchev–Trinajstić information content (AvgIpc) is 2.38. The van der Waals surface area contributed by atoms with Crippen LogP contribution in [0, 0.1) is 0 Å². The summed E-state index contributed by atoms with van der Waals surface area (Å²) >= 11 is 0. The number of hydrogen-bond acceptors (Lipinski definition) is 2. The van der Waals surface area contributed by atoms with Crippen LogP contribution < -0.4 is 5.32 Å². The van der Waals surface area contributed by atoms with Gasteiger partial charge in [-0.2, -0.15) is 0 Å². The highest BCUT2D eigenvalue weighted by Crippen LogP contribution is 2.23. The van der Waals surface area contributed by atoms with Crippen molar-refractivity contribution in [1.29, 1.82) is 0 Å². The van der Waals surface area contributed by atoms with Crippen molar-refractivity contribution in [2.45, 2.75) is 58.2 Å². The Labute approximate surface area is 118 Å². The van der Waals surface area contributed by atoms with E-state index in [1.54, 1.807) is 0 Å². The molecule has 1 unspecified atom stereocenters. The van der Waals surface area contributed by atoms with Gasteiger partial charge in [-0.15, -0.1) is 0 Å². The summed E-state index contributed by atoms with van der Waals surface area (Å²) < 4.78 is 0. The lowest BCUT2D eigenvalue weighted by molar-refractivity contribution is 0.138. The van der Waals surface area contributed by atoms with Crippen LogP contribution in [0.2, 0.25) is 0 Å². The van der Waals surface area contributed by atoms with Gasteiger partial charge in [0.25, 0.3) is 0 Å². The molecule has 0 aromatic heterocycles. The molecule has 1 N–H and O–H groups in total. The predicted molar refractivity (Wildman–Crippen MR) is 82.4 cm³/mol. The number of piperidine rings is 1. The third-order valence-electron chi connectivity index (χ3n) is 4.31. The maximum Gasteiger partial charge on any atom is 0.0233 e. The van der Waals surface area contributed by atoms with Gasteiger partial charge in [0.1, 0.15) is 0 Å². The Morgan fingerprint density at radius 2 is 1.84 bits per heavy atom. The number of rotatable bonds is 4. The number of nitrogens with zero attached hydrogens (tertiary/aromatic N) is 1. The normalized spacial score (nSPS) is 22.7. The van der Waals surface area contributed by atoms with E-state index in [2.05, 4.69) is 62.3 Å². The second-order valence-electron chi connectivity index (χ2n) is 6.54. The zero-order valence-electron chi connectivity index (χ0n) is 12.9. The molecule has 1 aliphatic heterocycles. The Kier molecular flexibility index (Phi) is 4.64. The van der Waals surface area contributed by atoms with Gasteiger partial charge in [-0.05, 0) is 57.8 Å². The third-order valence-corrected chi connectivity index (χ3v) is 4.31. The lowest BCUT2D eigenvalue weighted by Gasteiger charge is -2.40. The van der Waals surface area contributed by atoms with Gasteiger partial charge in [0.2, 0.25) is 0 Å². The fourth-order valence-corrected chi connectivity index (χ4v) is 3.01. The largest absolute Gasteiger partial charge is 0.312 e. The summed E-state index contributed by atoms with van der Waals surface area (Å²) in [5.41, 5.74) is 3.13. The molecule has 19 heavy (non-hydrogen) atoms. The number of hydrogen-bond donors (Lipinski definition) is 1. The molecule has 1 aromatic rings. The molecular formula is C17H28N2. The van der Waals surface area contributed by atoms with Crippen LogP contribution in [0.15, 0.2) is 24.3 Å². The minimum atomic E-state index is 0.281. The molecule has 1 fully saturated rings. The van der Waals surface area contributed by atoms with Crippen LogP contribution >= 0.6 is 0 Å². The van der Waals surface area contributed by atoms with Crippen molar-refractivity contribution in [2.24, 2.45) is 0 Å². The van der Waals surface area contributed by atoms with E-state index in [-0.39, 0.29) is 5.54 Å². The second-order valence-corrected chi connectivity index (χ2v) is 6.54. The molecule has 0 saturated carbocycles. The Morgan fingerprint density at radius 3 is 2.42 bits per heavy atom. The monoisotopic (exact) mass is 260 g/mol. The Hall–Kier alpha value is -0.860. The standard InChI is InChI=1S/C17H28N2/c1-5-14-6-8-15(9-7-14)13-19(4)16-10-11-18-17(2,3)12-16/h6-9,16,18H,5,10-13H2,1-4H3. The smallest absolute Gasteiger partial charge is 0.0233 e. The lowest BCUT2D eigenvalue weighted by atomic mass is 9.88. The first-order valence-electron chi connectivity index (χ1n) is 7.53. The SMILES string of the molecule is CCc1ccc(CN(C)C2CCNC(C)(C)C2)cc1. The molecule has 1 aliphatic rings. The maximum atomic E-state index is 3.60. The first-order chi connectivity index (χ1) is 9.00. The molecule has 1 heterocycles. The van der Waals surface area contributed by atoms with Gasteiger partial charge in [0, 0.05) is 18.1 Å². The minimum absolute atomic E-state index is 0.281. The number of aryl methyl sites for hydroxylation is 1. The molecule has 106 valence electrons. The van der Waals surface area contributed by atoms with Gasteiger partial charge in [-0.1, -0.05) is 31.2 Å². The van der Waals surface area contributed by atoms with Gasteiger partial charge in [-0.25, -0.2) is 0 Å². The van der Waals surface area contributed by atoms with E-state index in [1.807, 2.05) is 0 Å². The van der Waals surface area contributed by atoms with Crippen LogP contribution in [-0.4, -0.2) is 30.1 Å². The molecule has 2 heteroatoms. The minimum Gasteiger partial charge on any atom is -0.312 e. The van der Waals surface area contributed by atoms with E-state index >= 15 is 0 Å². The Bertz CT molecular complexity index is 394. The van der Waals surface area contributed by atoms with Gasteiger partial charge in [0.15, 0.2) is 0 Å². The van der Waals surface area contributed by atoms with E-state index in [9.17, 15) is 0 Å². The van der Waals surface area contributed by atoms with E-state index in [0.29, 0.717) is 6.04 Å². The first-order valence-corrected chi connectivity index (χ1v) is 7.53. The molecule has 0 spiro atoms. The topological polar surface area (TPSA) is 15.3 Å². The fourth-order valence-electron chi connectivity index (χ4n) is 3.01. The van der Waals surface area contributed by atoms with E-state index in [1.165, 1.54) is 24.0 Å². The number of benzene rings is 1. The first kappa shape index (κ1) is 14.5. The van der Waals surface area contributed by atoms with Gasteiger partial charge >= 0.3 is 0 Å². The highest BCUT2D eigenvalue weighted by molar-refractivity contribution is 5.22. The van der Waals surface area contributed by atoms with Crippen molar-refractivity contribution >= 4 is 0 Å². The van der Waals surface area contributed by atoms with Crippen LogP contribution in [0.25, 0.3) is 0 Å². The zero-order valence-corrected chi connectivity index (χ0v) is 12.9. The highest BCUT2D eigenvalue weighted by atomic mass is 15.1. The van der Waals surface area contributed by atoms with Gasteiger partial charge < -0.3 is 5.32 Å².